The number of hydrogen-bond acceptors (Lipinski definition) is 4. The molecule has 5 nitrogen and oxygen atoms in total. The fourth-order valence-corrected chi connectivity index (χ4v) is 3.41. The molecule has 1 aliphatic carbocycles. The Bertz CT molecular complexity index is 399. The van der Waals surface area contributed by atoms with Gasteiger partial charge >= 0.3 is 6.09 Å². The van der Waals surface area contributed by atoms with Crippen LogP contribution in [0.1, 0.15) is 33.6 Å². The summed E-state index contributed by atoms with van der Waals surface area (Å²) < 4.78 is 20.8. The van der Waals surface area contributed by atoms with Gasteiger partial charge in [-0.05, 0) is 39.5 Å². The van der Waals surface area contributed by atoms with Crippen LogP contribution in [0.2, 0.25) is 0 Å². The molecule has 1 aliphatic rings. The van der Waals surface area contributed by atoms with Crippen LogP contribution in [0.15, 0.2) is 4.36 Å². The molecular formula is C11H22N2O3S. The lowest BCUT2D eigenvalue weighted by molar-refractivity contribution is 0.0607. The molecule has 0 aromatic heterocycles. The van der Waals surface area contributed by atoms with Gasteiger partial charge < -0.3 is 10.5 Å². The minimum atomic E-state index is -2.49. The lowest BCUT2D eigenvalue weighted by atomic mass is 9.82. The number of hydrogen-bond donors (Lipinski definition) is 1. The normalized spacial score (nSPS) is 27.8. The smallest absolute Gasteiger partial charge is 0.442 e. The molecule has 1 rings (SSSR count). The first-order valence-corrected chi connectivity index (χ1v) is 7.85. The zero-order valence-corrected chi connectivity index (χ0v) is 11.8. The van der Waals surface area contributed by atoms with E-state index < -0.39 is 21.4 Å². The van der Waals surface area contributed by atoms with E-state index in [2.05, 4.69) is 4.36 Å². The molecule has 0 radical (unpaired) electrons. The molecule has 1 saturated carbocycles. The zero-order valence-electron chi connectivity index (χ0n) is 10.9. The van der Waals surface area contributed by atoms with E-state index in [1.165, 1.54) is 6.26 Å². The average Bonchev–Trinajstić information content (AvgIpc) is 1.94. The maximum Gasteiger partial charge on any atom is 0.442 e. The van der Waals surface area contributed by atoms with Gasteiger partial charge in [-0.15, -0.1) is 4.36 Å². The molecule has 17 heavy (non-hydrogen) atoms. The summed E-state index contributed by atoms with van der Waals surface area (Å²) in [4.78, 5) is 11.4. The van der Waals surface area contributed by atoms with Crippen LogP contribution in [0.25, 0.3) is 0 Å². The third-order valence-electron chi connectivity index (χ3n) is 2.48. The number of nitrogens with two attached hydrogens (primary N) is 1. The van der Waals surface area contributed by atoms with Crippen molar-refractivity contribution in [2.75, 3.05) is 12.0 Å². The van der Waals surface area contributed by atoms with Gasteiger partial charge in [-0.25, -0.2) is 9.00 Å². The molecule has 100 valence electrons. The number of nitrogens with zero attached hydrogens (tertiary/aromatic N) is 1. The predicted molar refractivity (Wildman–Crippen MR) is 68.3 cm³/mol. The van der Waals surface area contributed by atoms with Gasteiger partial charge in [-0.1, -0.05) is 0 Å². The summed E-state index contributed by atoms with van der Waals surface area (Å²) in [5.41, 5.74) is 5.05. The van der Waals surface area contributed by atoms with Gasteiger partial charge in [0.15, 0.2) is 0 Å². The van der Waals surface area contributed by atoms with Crippen LogP contribution in [0.4, 0.5) is 4.79 Å². The van der Waals surface area contributed by atoms with Gasteiger partial charge in [0, 0.05) is 18.1 Å². The lowest BCUT2D eigenvalue weighted by Gasteiger charge is -2.32. The van der Waals surface area contributed by atoms with Gasteiger partial charge in [0.05, 0.1) is 9.73 Å². The van der Waals surface area contributed by atoms with E-state index in [4.69, 9.17) is 10.5 Å². The van der Waals surface area contributed by atoms with E-state index in [1.807, 2.05) is 0 Å². The van der Waals surface area contributed by atoms with Crippen LogP contribution in [0.5, 0.6) is 0 Å². The van der Waals surface area contributed by atoms with Crippen LogP contribution in [0, 0.1) is 5.92 Å². The largest absolute Gasteiger partial charge is 0.442 e. The third-order valence-corrected chi connectivity index (χ3v) is 4.10. The van der Waals surface area contributed by atoms with E-state index >= 15 is 0 Å². The van der Waals surface area contributed by atoms with E-state index in [1.54, 1.807) is 20.8 Å². The van der Waals surface area contributed by atoms with Crippen molar-refractivity contribution in [3.8, 4) is 0 Å². The second-order valence-corrected chi connectivity index (χ2v) is 8.23. The quantitative estimate of drug-likeness (QED) is 0.822. The van der Waals surface area contributed by atoms with Crippen LogP contribution < -0.4 is 5.73 Å². The number of ether oxygens (including phenoxy) is 1. The minimum Gasteiger partial charge on any atom is -0.442 e. The number of rotatable bonds is 2. The Morgan fingerprint density at radius 2 is 2.00 bits per heavy atom. The standard InChI is InChI=1S/C11H22N2O3S/c1-11(2,3)16-10(14)13-17(4,15)7-8-5-9(12)6-8/h8-9H,5-7,12H2,1-4H3. The Kier molecular flexibility index (Phi) is 4.19. The van der Waals surface area contributed by atoms with Gasteiger partial charge in [0.1, 0.15) is 5.60 Å². The Morgan fingerprint density at radius 1 is 1.47 bits per heavy atom. The van der Waals surface area contributed by atoms with Gasteiger partial charge in [-0.3, -0.25) is 0 Å². The first kappa shape index (κ1) is 14.4. The topological polar surface area (TPSA) is 81.8 Å². The Morgan fingerprint density at radius 3 is 2.41 bits per heavy atom. The molecular weight excluding hydrogens is 240 g/mol. The molecule has 1 atom stereocenters. The molecule has 1 unspecified atom stereocenters. The molecule has 0 aliphatic heterocycles. The summed E-state index contributed by atoms with van der Waals surface area (Å²) >= 11 is 0. The molecule has 0 spiro atoms. The number of carbonyl (C=O) groups excluding carboxylic acids is 1. The van der Waals surface area contributed by atoms with Crippen molar-refractivity contribution in [2.24, 2.45) is 16.0 Å². The second kappa shape index (κ2) is 4.94. The molecule has 0 saturated heterocycles. The van der Waals surface area contributed by atoms with Crippen molar-refractivity contribution in [3.05, 3.63) is 0 Å². The molecule has 0 heterocycles. The van der Waals surface area contributed by atoms with E-state index in [-0.39, 0.29) is 6.04 Å². The summed E-state index contributed by atoms with van der Waals surface area (Å²) in [6.45, 7) is 5.26. The molecule has 0 bridgehead atoms. The molecule has 0 aromatic carbocycles. The van der Waals surface area contributed by atoms with Crippen molar-refractivity contribution in [1.29, 1.82) is 0 Å². The molecule has 1 amide bonds. The lowest BCUT2D eigenvalue weighted by Crippen LogP contribution is -2.39. The van der Waals surface area contributed by atoms with Gasteiger partial charge in [-0.2, -0.15) is 0 Å². The summed E-state index contributed by atoms with van der Waals surface area (Å²) in [6.07, 6.45) is 2.50. The van der Waals surface area contributed by atoms with Crippen molar-refractivity contribution in [3.63, 3.8) is 0 Å². The predicted octanol–water partition coefficient (Wildman–Crippen LogP) is 1.76. The number of amides is 1. The summed E-state index contributed by atoms with van der Waals surface area (Å²) in [6, 6.07) is 0.219. The summed E-state index contributed by atoms with van der Waals surface area (Å²) in [5, 5.41) is 0. The highest BCUT2D eigenvalue weighted by Gasteiger charge is 2.28. The summed E-state index contributed by atoms with van der Waals surface area (Å²) in [5.74, 6) is 0.758. The first-order valence-electron chi connectivity index (χ1n) is 5.76. The van der Waals surface area contributed by atoms with Crippen LogP contribution in [0.3, 0.4) is 0 Å². The van der Waals surface area contributed by atoms with Gasteiger partial charge in [0.2, 0.25) is 0 Å². The minimum absolute atomic E-state index is 0.219. The van der Waals surface area contributed by atoms with E-state index in [9.17, 15) is 9.00 Å². The zero-order chi connectivity index (χ0) is 13.3. The third kappa shape index (κ3) is 5.50. The highest BCUT2D eigenvalue weighted by molar-refractivity contribution is 7.93. The Labute approximate surface area is 103 Å². The highest BCUT2D eigenvalue weighted by atomic mass is 32.2. The van der Waals surface area contributed by atoms with Crippen molar-refractivity contribution in [2.45, 2.75) is 45.3 Å². The fraction of sp³-hybridized carbons (Fsp3) is 0.909. The Hall–Kier alpha value is -0.620. The molecule has 2 N–H and O–H groups in total. The SMILES string of the molecule is CC(C)(C)OC(=O)N=S(C)(=O)CC1CC(N)C1. The van der Waals surface area contributed by atoms with Crippen LogP contribution in [-0.4, -0.2) is 34.0 Å². The fourth-order valence-electron chi connectivity index (χ4n) is 1.84. The highest BCUT2D eigenvalue weighted by Crippen LogP contribution is 2.27. The molecule has 6 heteroatoms. The van der Waals surface area contributed by atoms with E-state index in [0.29, 0.717) is 11.7 Å². The monoisotopic (exact) mass is 262 g/mol. The van der Waals surface area contributed by atoms with Crippen molar-refractivity contribution < 1.29 is 13.7 Å². The van der Waals surface area contributed by atoms with Crippen LogP contribution in [-0.2, 0) is 14.5 Å². The second-order valence-electron chi connectivity index (χ2n) is 5.80. The molecule has 1 fully saturated rings. The van der Waals surface area contributed by atoms with Crippen molar-refractivity contribution in [1.82, 2.24) is 0 Å². The maximum absolute atomic E-state index is 12.1. The van der Waals surface area contributed by atoms with Crippen LogP contribution >= 0.6 is 0 Å². The summed E-state index contributed by atoms with van der Waals surface area (Å²) in [7, 11) is -2.49. The molecule has 0 aromatic rings. The average molecular weight is 262 g/mol. The van der Waals surface area contributed by atoms with E-state index in [0.717, 1.165) is 12.8 Å². The van der Waals surface area contributed by atoms with Crippen molar-refractivity contribution >= 4 is 15.8 Å². The maximum atomic E-state index is 12.1. The first-order chi connectivity index (χ1) is 7.57. The Balaban J connectivity index is 2.57. The van der Waals surface area contributed by atoms with Gasteiger partial charge in [0.25, 0.3) is 0 Å². The number of carbonyl (C=O) groups is 1.